The zero-order valence-corrected chi connectivity index (χ0v) is 17.5. The van der Waals surface area contributed by atoms with Crippen molar-refractivity contribution in [1.29, 1.82) is 0 Å². The number of nitrogens with zero attached hydrogens (tertiary/aromatic N) is 2. The Morgan fingerprint density at radius 2 is 2.07 bits per heavy atom. The molecule has 1 aliphatic heterocycles. The molecule has 0 spiro atoms. The van der Waals surface area contributed by atoms with Crippen LogP contribution in [0.5, 0.6) is 5.75 Å². The Morgan fingerprint density at radius 1 is 1.33 bits per heavy atom. The van der Waals surface area contributed by atoms with E-state index < -0.39 is 23.4 Å². The topological polar surface area (TPSA) is 65.4 Å². The van der Waals surface area contributed by atoms with Crippen molar-refractivity contribution in [1.82, 2.24) is 9.78 Å². The van der Waals surface area contributed by atoms with E-state index in [0.29, 0.717) is 25.6 Å². The summed E-state index contributed by atoms with van der Waals surface area (Å²) in [5, 5.41) is 7.35. The third-order valence-corrected chi connectivity index (χ3v) is 5.01. The fourth-order valence-corrected chi connectivity index (χ4v) is 3.34. The first-order valence-corrected chi connectivity index (χ1v) is 9.72. The molecule has 2 heterocycles. The number of hydrogen-bond acceptors (Lipinski definition) is 4. The summed E-state index contributed by atoms with van der Waals surface area (Å²) in [6.45, 7) is 7.84. The third kappa shape index (κ3) is 4.77. The summed E-state index contributed by atoms with van der Waals surface area (Å²) >= 11 is 0. The number of halogens is 3. The first kappa shape index (κ1) is 22.1. The van der Waals surface area contributed by atoms with E-state index in [9.17, 15) is 18.0 Å². The monoisotopic (exact) mass is 425 g/mol. The minimum Gasteiger partial charge on any atom is -0.495 e. The van der Waals surface area contributed by atoms with Gasteiger partial charge in [0.15, 0.2) is 0 Å². The fourth-order valence-electron chi connectivity index (χ4n) is 3.34. The number of benzene rings is 1. The van der Waals surface area contributed by atoms with E-state index >= 15 is 0 Å². The highest BCUT2D eigenvalue weighted by atomic mass is 19.4. The van der Waals surface area contributed by atoms with Gasteiger partial charge in [-0.15, -0.1) is 0 Å². The standard InChI is InChI=1S/C21H26F3N3O3/c1-20(2,3)16-10-17(27(26-16)11-13-8-9-30-12-13)25-19(28)14-6-5-7-15(18(14)29-4)21(22,23)24/h5-7,10,13H,8-9,11-12H2,1-4H3,(H,25,28). The summed E-state index contributed by atoms with van der Waals surface area (Å²) in [7, 11) is 1.11. The Hall–Kier alpha value is -2.55. The Labute approximate surface area is 173 Å². The zero-order chi connectivity index (χ0) is 22.1. The van der Waals surface area contributed by atoms with Gasteiger partial charge in [0.25, 0.3) is 5.91 Å². The second-order valence-electron chi connectivity index (χ2n) is 8.41. The Balaban J connectivity index is 1.93. The second kappa shape index (κ2) is 8.29. The predicted molar refractivity (Wildman–Crippen MR) is 106 cm³/mol. The van der Waals surface area contributed by atoms with Crippen molar-refractivity contribution in [3.63, 3.8) is 0 Å². The van der Waals surface area contributed by atoms with Crippen molar-refractivity contribution in [3.05, 3.63) is 41.1 Å². The van der Waals surface area contributed by atoms with Crippen LogP contribution in [0.15, 0.2) is 24.3 Å². The molecule has 1 unspecified atom stereocenters. The van der Waals surface area contributed by atoms with Crippen LogP contribution in [0.1, 0.15) is 48.8 Å². The van der Waals surface area contributed by atoms with E-state index in [0.717, 1.165) is 25.3 Å². The molecular formula is C21H26F3N3O3. The highest BCUT2D eigenvalue weighted by Gasteiger charge is 2.36. The lowest BCUT2D eigenvalue weighted by molar-refractivity contribution is -0.138. The van der Waals surface area contributed by atoms with Crippen molar-refractivity contribution in [2.45, 2.75) is 45.3 Å². The smallest absolute Gasteiger partial charge is 0.419 e. The van der Waals surface area contributed by atoms with E-state index in [1.165, 1.54) is 12.1 Å². The molecule has 1 saturated heterocycles. The van der Waals surface area contributed by atoms with Crippen molar-refractivity contribution in [2.75, 3.05) is 25.6 Å². The number of rotatable bonds is 5. The van der Waals surface area contributed by atoms with Crippen LogP contribution in [0, 0.1) is 5.92 Å². The van der Waals surface area contributed by atoms with Gasteiger partial charge in [-0.05, 0) is 18.6 Å². The van der Waals surface area contributed by atoms with Crippen LogP contribution < -0.4 is 10.1 Å². The number of carbonyl (C=O) groups is 1. The average Bonchev–Trinajstić information content (AvgIpc) is 3.30. The second-order valence-corrected chi connectivity index (χ2v) is 8.41. The lowest BCUT2D eigenvalue weighted by atomic mass is 9.92. The molecule has 0 saturated carbocycles. The van der Waals surface area contributed by atoms with Crippen LogP contribution in [0.25, 0.3) is 0 Å². The van der Waals surface area contributed by atoms with Gasteiger partial charge in [-0.1, -0.05) is 26.8 Å². The van der Waals surface area contributed by atoms with Gasteiger partial charge < -0.3 is 14.8 Å². The number of nitrogens with one attached hydrogen (secondary N) is 1. The van der Waals surface area contributed by atoms with Crippen LogP contribution in [0.2, 0.25) is 0 Å². The molecule has 0 aliphatic carbocycles. The summed E-state index contributed by atoms with van der Waals surface area (Å²) in [6.07, 6.45) is -3.75. The third-order valence-electron chi connectivity index (χ3n) is 5.01. The Bertz CT molecular complexity index is 910. The number of alkyl halides is 3. The molecule has 6 nitrogen and oxygen atoms in total. The van der Waals surface area contributed by atoms with Gasteiger partial charge in [-0.2, -0.15) is 18.3 Å². The lowest BCUT2D eigenvalue weighted by Crippen LogP contribution is -2.20. The molecule has 0 radical (unpaired) electrons. The number of methoxy groups -OCH3 is 1. The molecule has 1 aromatic heterocycles. The number of carbonyl (C=O) groups excluding carboxylic acids is 1. The molecule has 30 heavy (non-hydrogen) atoms. The van der Waals surface area contributed by atoms with Crippen molar-refractivity contribution in [2.24, 2.45) is 5.92 Å². The van der Waals surface area contributed by atoms with Crippen molar-refractivity contribution < 1.29 is 27.4 Å². The maximum Gasteiger partial charge on any atom is 0.419 e. The van der Waals surface area contributed by atoms with Crippen LogP contribution in [-0.4, -0.2) is 36.0 Å². The van der Waals surface area contributed by atoms with Crippen molar-refractivity contribution in [3.8, 4) is 5.75 Å². The minimum atomic E-state index is -4.63. The van der Waals surface area contributed by atoms with Crippen LogP contribution in [-0.2, 0) is 22.9 Å². The molecule has 1 fully saturated rings. The zero-order valence-electron chi connectivity index (χ0n) is 17.5. The largest absolute Gasteiger partial charge is 0.495 e. The van der Waals surface area contributed by atoms with Gasteiger partial charge >= 0.3 is 6.18 Å². The van der Waals surface area contributed by atoms with Gasteiger partial charge in [0.05, 0.1) is 30.5 Å². The van der Waals surface area contributed by atoms with E-state index in [1.54, 1.807) is 10.7 Å². The highest BCUT2D eigenvalue weighted by molar-refractivity contribution is 6.06. The van der Waals surface area contributed by atoms with Gasteiger partial charge in [0.1, 0.15) is 11.6 Å². The fraction of sp³-hybridized carbons (Fsp3) is 0.524. The number of amides is 1. The summed E-state index contributed by atoms with van der Waals surface area (Å²) in [5.41, 5.74) is -0.677. The molecule has 1 atom stereocenters. The van der Waals surface area contributed by atoms with E-state index in [2.05, 4.69) is 10.4 Å². The molecule has 9 heteroatoms. The number of hydrogen-bond donors (Lipinski definition) is 1. The molecule has 1 N–H and O–H groups in total. The maximum absolute atomic E-state index is 13.3. The quantitative estimate of drug-likeness (QED) is 0.766. The molecule has 2 aromatic rings. The summed E-state index contributed by atoms with van der Waals surface area (Å²) in [5.74, 6) is -0.510. The van der Waals surface area contributed by atoms with E-state index in [-0.39, 0.29) is 16.9 Å². The molecule has 0 bridgehead atoms. The van der Waals surface area contributed by atoms with Gasteiger partial charge in [0, 0.05) is 30.6 Å². The number of aromatic nitrogens is 2. The predicted octanol–water partition coefficient (Wildman–Crippen LogP) is 4.50. The molecule has 164 valence electrons. The summed E-state index contributed by atoms with van der Waals surface area (Å²) in [6, 6.07) is 5.14. The van der Waals surface area contributed by atoms with E-state index in [4.69, 9.17) is 9.47 Å². The summed E-state index contributed by atoms with van der Waals surface area (Å²) < 4.78 is 51.9. The SMILES string of the molecule is COc1c(C(=O)Nc2cc(C(C)(C)C)nn2CC2CCOC2)cccc1C(F)(F)F. The Kier molecular flexibility index (Phi) is 6.12. The van der Waals surface area contributed by atoms with E-state index in [1.807, 2.05) is 20.8 Å². The molecule has 1 aromatic carbocycles. The minimum absolute atomic E-state index is 0.193. The van der Waals surface area contributed by atoms with Crippen LogP contribution >= 0.6 is 0 Å². The average molecular weight is 425 g/mol. The van der Waals surface area contributed by atoms with Gasteiger partial charge in [-0.25, -0.2) is 4.68 Å². The van der Waals surface area contributed by atoms with Crippen LogP contribution in [0.4, 0.5) is 19.0 Å². The lowest BCUT2D eigenvalue weighted by Gasteiger charge is -2.16. The molecule has 1 aliphatic rings. The summed E-state index contributed by atoms with van der Waals surface area (Å²) in [4.78, 5) is 12.9. The normalized spacial score (nSPS) is 17.2. The van der Waals surface area contributed by atoms with Gasteiger partial charge in [0.2, 0.25) is 0 Å². The van der Waals surface area contributed by atoms with Crippen LogP contribution in [0.3, 0.4) is 0 Å². The maximum atomic E-state index is 13.3. The number of anilines is 1. The highest BCUT2D eigenvalue weighted by Crippen LogP contribution is 2.38. The number of ether oxygens (including phenoxy) is 2. The van der Waals surface area contributed by atoms with Crippen molar-refractivity contribution >= 4 is 11.7 Å². The molecule has 1 amide bonds. The number of para-hydroxylation sites is 1. The Morgan fingerprint density at radius 3 is 2.63 bits per heavy atom. The first-order chi connectivity index (χ1) is 14.0. The van der Waals surface area contributed by atoms with Gasteiger partial charge in [-0.3, -0.25) is 4.79 Å². The first-order valence-electron chi connectivity index (χ1n) is 9.72. The molecular weight excluding hydrogens is 399 g/mol. The molecule has 3 rings (SSSR count).